The van der Waals surface area contributed by atoms with E-state index < -0.39 is 5.60 Å². The molecule has 2 aliphatic heterocycles. The smallest absolute Gasteiger partial charge is 0.129 e. The maximum Gasteiger partial charge on any atom is 0.129 e. The normalized spacial score (nSPS) is 21.3. The number of anilines is 1. The van der Waals surface area contributed by atoms with Crippen LogP contribution in [0.5, 0.6) is 0 Å². The predicted molar refractivity (Wildman–Crippen MR) is 82.9 cm³/mol. The first-order chi connectivity index (χ1) is 10.1. The van der Waals surface area contributed by atoms with Crippen LogP contribution in [0.1, 0.15) is 24.8 Å². The lowest BCUT2D eigenvalue weighted by atomic mass is 9.90. The summed E-state index contributed by atoms with van der Waals surface area (Å²) in [5.41, 5.74) is 1.12. The minimum Gasteiger partial charge on any atom is -0.387 e. The molecule has 2 heterocycles. The molecule has 2 saturated heterocycles. The van der Waals surface area contributed by atoms with Crippen LogP contribution in [0.3, 0.4) is 0 Å². The molecule has 0 radical (unpaired) electrons. The van der Waals surface area contributed by atoms with E-state index >= 15 is 0 Å². The van der Waals surface area contributed by atoms with E-state index in [1.165, 1.54) is 18.9 Å². The fourth-order valence-corrected chi connectivity index (χ4v) is 3.48. The minimum absolute atomic E-state index is 0.140. The average molecular weight is 290 g/mol. The molecule has 1 N–H and O–H groups in total. The SMILES string of the molecule is C=CCC1(O)CN(Cc2c(F)cccc2N2CCCC2)C1. The molecule has 1 aromatic rings. The van der Waals surface area contributed by atoms with Crippen LogP contribution in [-0.2, 0) is 6.54 Å². The molecule has 2 aliphatic rings. The van der Waals surface area contributed by atoms with Crippen LogP contribution in [0.4, 0.5) is 10.1 Å². The van der Waals surface area contributed by atoms with Crippen LogP contribution >= 0.6 is 0 Å². The van der Waals surface area contributed by atoms with Crippen molar-refractivity contribution in [3.63, 3.8) is 0 Å². The van der Waals surface area contributed by atoms with E-state index in [1.54, 1.807) is 12.1 Å². The molecule has 0 aliphatic carbocycles. The summed E-state index contributed by atoms with van der Waals surface area (Å²) in [6.45, 7) is 7.44. The van der Waals surface area contributed by atoms with Gasteiger partial charge >= 0.3 is 0 Å². The fraction of sp³-hybridized carbons (Fsp3) is 0.529. The maximum atomic E-state index is 14.2. The molecular weight excluding hydrogens is 267 g/mol. The van der Waals surface area contributed by atoms with Gasteiger partial charge in [-0.25, -0.2) is 4.39 Å². The molecule has 21 heavy (non-hydrogen) atoms. The van der Waals surface area contributed by atoms with E-state index in [0.717, 1.165) is 24.3 Å². The third kappa shape index (κ3) is 2.97. The zero-order chi connectivity index (χ0) is 14.9. The first-order valence-electron chi connectivity index (χ1n) is 7.69. The quantitative estimate of drug-likeness (QED) is 0.844. The van der Waals surface area contributed by atoms with Gasteiger partial charge in [0.25, 0.3) is 0 Å². The third-order valence-electron chi connectivity index (χ3n) is 4.48. The Balaban J connectivity index is 1.72. The van der Waals surface area contributed by atoms with Gasteiger partial charge in [-0.15, -0.1) is 6.58 Å². The summed E-state index contributed by atoms with van der Waals surface area (Å²) in [4.78, 5) is 4.37. The van der Waals surface area contributed by atoms with Crippen LogP contribution in [0.15, 0.2) is 30.9 Å². The molecule has 0 aromatic heterocycles. The second kappa shape index (κ2) is 5.78. The zero-order valence-electron chi connectivity index (χ0n) is 12.4. The predicted octanol–water partition coefficient (Wildman–Crippen LogP) is 2.55. The van der Waals surface area contributed by atoms with Crippen molar-refractivity contribution in [2.24, 2.45) is 0 Å². The summed E-state index contributed by atoms with van der Waals surface area (Å²) in [6, 6.07) is 5.33. The molecule has 0 spiro atoms. The number of benzene rings is 1. The lowest BCUT2D eigenvalue weighted by Crippen LogP contribution is -2.60. The number of halogens is 1. The highest BCUT2D eigenvalue weighted by Crippen LogP contribution is 2.32. The molecule has 2 fully saturated rings. The number of β-amino-alcohol motifs (C(OH)–C–C–N with tert-alkyl or cyclic N) is 1. The van der Waals surface area contributed by atoms with Crippen molar-refractivity contribution in [3.05, 3.63) is 42.2 Å². The summed E-state index contributed by atoms with van der Waals surface area (Å²) in [7, 11) is 0. The molecule has 0 unspecified atom stereocenters. The molecule has 3 nitrogen and oxygen atoms in total. The van der Waals surface area contributed by atoms with Gasteiger partial charge in [0.2, 0.25) is 0 Å². The number of rotatable bonds is 5. The highest BCUT2D eigenvalue weighted by Gasteiger charge is 2.40. The second-order valence-corrected chi connectivity index (χ2v) is 6.29. The van der Waals surface area contributed by atoms with Crippen LogP contribution in [0.25, 0.3) is 0 Å². The number of likely N-dealkylation sites (tertiary alicyclic amines) is 1. The van der Waals surface area contributed by atoms with Gasteiger partial charge in [-0.3, -0.25) is 4.90 Å². The molecule has 1 aromatic carbocycles. The van der Waals surface area contributed by atoms with E-state index in [9.17, 15) is 9.50 Å². The fourth-order valence-electron chi connectivity index (χ4n) is 3.48. The number of aliphatic hydroxyl groups is 1. The average Bonchev–Trinajstić information content (AvgIpc) is 2.93. The van der Waals surface area contributed by atoms with Gasteiger partial charge in [0, 0.05) is 44.0 Å². The van der Waals surface area contributed by atoms with Crippen molar-refractivity contribution in [1.29, 1.82) is 0 Å². The van der Waals surface area contributed by atoms with Gasteiger partial charge in [0.05, 0.1) is 5.60 Å². The molecule has 114 valence electrons. The van der Waals surface area contributed by atoms with Crippen molar-refractivity contribution < 1.29 is 9.50 Å². The van der Waals surface area contributed by atoms with Gasteiger partial charge in [0.15, 0.2) is 0 Å². The Hall–Kier alpha value is -1.39. The Bertz CT molecular complexity index is 520. The number of nitrogens with zero attached hydrogens (tertiary/aromatic N) is 2. The zero-order valence-corrected chi connectivity index (χ0v) is 12.4. The van der Waals surface area contributed by atoms with Crippen molar-refractivity contribution >= 4 is 5.69 Å². The van der Waals surface area contributed by atoms with Crippen LogP contribution in [0.2, 0.25) is 0 Å². The molecule has 4 heteroatoms. The van der Waals surface area contributed by atoms with Crippen LogP contribution < -0.4 is 4.90 Å². The van der Waals surface area contributed by atoms with E-state index in [1.807, 2.05) is 6.07 Å². The van der Waals surface area contributed by atoms with Gasteiger partial charge < -0.3 is 10.0 Å². The summed E-state index contributed by atoms with van der Waals surface area (Å²) in [5, 5.41) is 10.2. The molecule has 0 saturated carbocycles. The Morgan fingerprint density at radius 2 is 2.00 bits per heavy atom. The second-order valence-electron chi connectivity index (χ2n) is 6.29. The van der Waals surface area contributed by atoms with Gasteiger partial charge in [0.1, 0.15) is 5.82 Å². The Labute approximate surface area is 125 Å². The van der Waals surface area contributed by atoms with Crippen molar-refractivity contribution in [3.8, 4) is 0 Å². The maximum absolute atomic E-state index is 14.2. The topological polar surface area (TPSA) is 26.7 Å². The molecule has 3 rings (SSSR count). The Morgan fingerprint density at radius 3 is 2.67 bits per heavy atom. The summed E-state index contributed by atoms with van der Waals surface area (Å²) >= 11 is 0. The molecule has 0 amide bonds. The standard InChI is InChI=1S/C17H23FN2O/c1-2-8-17(21)12-19(13-17)11-14-15(18)6-5-7-16(14)20-9-3-4-10-20/h2,5-7,21H,1,3-4,8-13H2. The van der Waals surface area contributed by atoms with E-state index in [4.69, 9.17) is 0 Å². The van der Waals surface area contributed by atoms with Crippen molar-refractivity contribution in [2.75, 3.05) is 31.1 Å². The van der Waals surface area contributed by atoms with Gasteiger partial charge in [-0.05, 0) is 31.4 Å². The van der Waals surface area contributed by atoms with Crippen LogP contribution in [0, 0.1) is 5.82 Å². The molecule has 0 atom stereocenters. The van der Waals surface area contributed by atoms with E-state index in [-0.39, 0.29) is 5.82 Å². The highest BCUT2D eigenvalue weighted by atomic mass is 19.1. The van der Waals surface area contributed by atoms with Crippen molar-refractivity contribution in [2.45, 2.75) is 31.4 Å². The van der Waals surface area contributed by atoms with E-state index in [2.05, 4.69) is 16.4 Å². The third-order valence-corrected chi connectivity index (χ3v) is 4.48. The number of hydrogen-bond acceptors (Lipinski definition) is 3. The minimum atomic E-state index is -0.666. The van der Waals surface area contributed by atoms with Crippen molar-refractivity contribution in [1.82, 2.24) is 4.90 Å². The highest BCUT2D eigenvalue weighted by molar-refractivity contribution is 5.55. The summed E-state index contributed by atoms with van der Waals surface area (Å²) in [6.07, 6.45) is 4.70. The van der Waals surface area contributed by atoms with Gasteiger partial charge in [-0.1, -0.05) is 12.1 Å². The molecule has 0 bridgehead atoms. The summed E-state index contributed by atoms with van der Waals surface area (Å²) in [5.74, 6) is -0.140. The lowest BCUT2D eigenvalue weighted by Gasteiger charge is -2.46. The number of hydrogen-bond donors (Lipinski definition) is 1. The van der Waals surface area contributed by atoms with Crippen LogP contribution in [-0.4, -0.2) is 41.8 Å². The first-order valence-corrected chi connectivity index (χ1v) is 7.69. The molecular formula is C17H23FN2O. The lowest BCUT2D eigenvalue weighted by molar-refractivity contribution is -0.0988. The monoisotopic (exact) mass is 290 g/mol. The summed E-state index contributed by atoms with van der Waals surface area (Å²) < 4.78 is 14.2. The van der Waals surface area contributed by atoms with Gasteiger partial charge in [-0.2, -0.15) is 0 Å². The Morgan fingerprint density at radius 1 is 1.29 bits per heavy atom. The van der Waals surface area contributed by atoms with E-state index in [0.29, 0.717) is 26.1 Å². The largest absolute Gasteiger partial charge is 0.387 e. The first kappa shape index (κ1) is 14.5. The Kier molecular flexibility index (Phi) is 4.00.